The SMILES string of the molecule is COC(=O)Cc1ccccc1CN1CCC(C(C)O)C1. The van der Waals surface area contributed by atoms with Gasteiger partial charge in [-0.2, -0.15) is 0 Å². The average Bonchev–Trinajstić information content (AvgIpc) is 2.89. The summed E-state index contributed by atoms with van der Waals surface area (Å²) >= 11 is 0. The highest BCUT2D eigenvalue weighted by molar-refractivity contribution is 5.72. The maximum absolute atomic E-state index is 11.4. The molecule has 0 amide bonds. The van der Waals surface area contributed by atoms with E-state index in [-0.39, 0.29) is 12.1 Å². The molecule has 4 heteroatoms. The minimum Gasteiger partial charge on any atom is -0.469 e. The predicted octanol–water partition coefficient (Wildman–Crippen LogP) is 1.60. The van der Waals surface area contributed by atoms with Gasteiger partial charge in [-0.15, -0.1) is 0 Å². The van der Waals surface area contributed by atoms with Gasteiger partial charge in [0.25, 0.3) is 0 Å². The number of methoxy groups -OCH3 is 1. The molecule has 1 saturated heterocycles. The molecule has 0 aliphatic carbocycles. The molecule has 2 unspecified atom stereocenters. The third-order valence-corrected chi connectivity index (χ3v) is 4.07. The zero-order valence-corrected chi connectivity index (χ0v) is 12.2. The molecule has 0 spiro atoms. The number of esters is 1. The number of aliphatic hydroxyl groups is 1. The van der Waals surface area contributed by atoms with Gasteiger partial charge in [0.1, 0.15) is 0 Å². The second kappa shape index (κ2) is 6.86. The molecule has 20 heavy (non-hydrogen) atoms. The number of hydrogen-bond acceptors (Lipinski definition) is 4. The Morgan fingerprint density at radius 3 is 2.75 bits per heavy atom. The molecular formula is C16H23NO3. The van der Waals surface area contributed by atoms with Gasteiger partial charge >= 0.3 is 5.97 Å². The summed E-state index contributed by atoms with van der Waals surface area (Å²) in [5.74, 6) is 0.156. The van der Waals surface area contributed by atoms with Crippen LogP contribution in [0.2, 0.25) is 0 Å². The van der Waals surface area contributed by atoms with E-state index in [1.165, 1.54) is 12.7 Å². The average molecular weight is 277 g/mol. The monoisotopic (exact) mass is 277 g/mol. The lowest BCUT2D eigenvalue weighted by Crippen LogP contribution is -2.24. The van der Waals surface area contributed by atoms with Crippen molar-refractivity contribution in [2.75, 3.05) is 20.2 Å². The predicted molar refractivity (Wildman–Crippen MR) is 77.2 cm³/mol. The van der Waals surface area contributed by atoms with Crippen molar-refractivity contribution in [1.29, 1.82) is 0 Å². The number of carbonyl (C=O) groups excluding carboxylic acids is 1. The van der Waals surface area contributed by atoms with Gasteiger partial charge in [0, 0.05) is 13.1 Å². The molecule has 4 nitrogen and oxygen atoms in total. The van der Waals surface area contributed by atoms with Crippen molar-refractivity contribution in [3.05, 3.63) is 35.4 Å². The Labute approximate surface area is 120 Å². The fourth-order valence-corrected chi connectivity index (χ4v) is 2.75. The van der Waals surface area contributed by atoms with Crippen molar-refractivity contribution >= 4 is 5.97 Å². The lowest BCUT2D eigenvalue weighted by molar-refractivity contribution is -0.139. The van der Waals surface area contributed by atoms with E-state index in [9.17, 15) is 9.90 Å². The molecule has 0 saturated carbocycles. The maximum atomic E-state index is 11.4. The van der Waals surface area contributed by atoms with Gasteiger partial charge in [0.2, 0.25) is 0 Å². The van der Waals surface area contributed by atoms with Crippen LogP contribution in [0.5, 0.6) is 0 Å². The lowest BCUT2D eigenvalue weighted by Gasteiger charge is -2.19. The summed E-state index contributed by atoms with van der Waals surface area (Å²) in [6, 6.07) is 7.99. The summed E-state index contributed by atoms with van der Waals surface area (Å²) in [5, 5.41) is 9.65. The van der Waals surface area contributed by atoms with Crippen molar-refractivity contribution in [2.24, 2.45) is 5.92 Å². The fraction of sp³-hybridized carbons (Fsp3) is 0.562. The minimum atomic E-state index is -0.245. The Balaban J connectivity index is 2.01. The summed E-state index contributed by atoms with van der Waals surface area (Å²) in [5.41, 5.74) is 2.20. The lowest BCUT2D eigenvalue weighted by atomic mass is 10.0. The molecule has 1 heterocycles. The third kappa shape index (κ3) is 3.81. The van der Waals surface area contributed by atoms with Crippen molar-refractivity contribution in [2.45, 2.75) is 32.4 Å². The van der Waals surface area contributed by atoms with Crippen LogP contribution in [0, 0.1) is 5.92 Å². The van der Waals surface area contributed by atoms with Crippen LogP contribution in [-0.2, 0) is 22.5 Å². The van der Waals surface area contributed by atoms with Gasteiger partial charge in [-0.25, -0.2) is 0 Å². The van der Waals surface area contributed by atoms with Gasteiger partial charge in [-0.05, 0) is 36.9 Å². The first kappa shape index (κ1) is 15.0. The second-order valence-corrected chi connectivity index (χ2v) is 5.55. The number of aliphatic hydroxyl groups excluding tert-OH is 1. The van der Waals surface area contributed by atoms with Crippen molar-refractivity contribution in [3.8, 4) is 0 Å². The zero-order valence-electron chi connectivity index (χ0n) is 12.2. The highest BCUT2D eigenvalue weighted by Crippen LogP contribution is 2.22. The Kier molecular flexibility index (Phi) is 5.15. The van der Waals surface area contributed by atoms with Gasteiger partial charge in [0.05, 0.1) is 19.6 Å². The van der Waals surface area contributed by atoms with Crippen LogP contribution in [0.25, 0.3) is 0 Å². The maximum Gasteiger partial charge on any atom is 0.309 e. The molecule has 1 aromatic rings. The number of hydrogen-bond donors (Lipinski definition) is 1. The fourth-order valence-electron chi connectivity index (χ4n) is 2.75. The van der Waals surface area contributed by atoms with Crippen LogP contribution in [0.15, 0.2) is 24.3 Å². The van der Waals surface area contributed by atoms with E-state index in [1.54, 1.807) is 0 Å². The highest BCUT2D eigenvalue weighted by atomic mass is 16.5. The molecular weight excluding hydrogens is 254 g/mol. The van der Waals surface area contributed by atoms with Crippen molar-refractivity contribution in [1.82, 2.24) is 4.90 Å². The van der Waals surface area contributed by atoms with E-state index in [4.69, 9.17) is 4.74 Å². The quantitative estimate of drug-likeness (QED) is 0.831. The van der Waals surface area contributed by atoms with E-state index in [0.29, 0.717) is 12.3 Å². The van der Waals surface area contributed by atoms with Crippen LogP contribution in [0.4, 0.5) is 0 Å². The Morgan fingerprint density at radius 2 is 2.15 bits per heavy atom. The summed E-state index contributed by atoms with van der Waals surface area (Å²) in [6.07, 6.45) is 1.11. The number of rotatable bonds is 5. The minimum absolute atomic E-state index is 0.208. The number of nitrogens with zero attached hydrogens (tertiary/aromatic N) is 1. The van der Waals surface area contributed by atoms with Crippen LogP contribution in [0.3, 0.4) is 0 Å². The molecule has 110 valence electrons. The van der Waals surface area contributed by atoms with Gasteiger partial charge < -0.3 is 9.84 Å². The molecule has 0 aromatic heterocycles. The topological polar surface area (TPSA) is 49.8 Å². The van der Waals surface area contributed by atoms with Crippen LogP contribution in [0.1, 0.15) is 24.5 Å². The first-order valence-corrected chi connectivity index (χ1v) is 7.14. The molecule has 1 aromatic carbocycles. The first-order chi connectivity index (χ1) is 9.60. The largest absolute Gasteiger partial charge is 0.469 e. The van der Waals surface area contributed by atoms with Gasteiger partial charge in [-0.1, -0.05) is 24.3 Å². The standard InChI is InChI=1S/C16H23NO3/c1-12(18)14-7-8-17(10-14)11-15-6-4-3-5-13(15)9-16(19)20-2/h3-6,12,14,18H,7-11H2,1-2H3. The number of likely N-dealkylation sites (tertiary alicyclic amines) is 1. The molecule has 0 radical (unpaired) electrons. The van der Waals surface area contributed by atoms with E-state index in [2.05, 4.69) is 11.0 Å². The van der Waals surface area contributed by atoms with Crippen molar-refractivity contribution < 1.29 is 14.6 Å². The Morgan fingerprint density at radius 1 is 1.45 bits per heavy atom. The molecule has 1 N–H and O–H groups in total. The number of benzene rings is 1. The zero-order chi connectivity index (χ0) is 14.5. The van der Waals surface area contributed by atoms with Crippen LogP contribution in [-0.4, -0.2) is 42.3 Å². The van der Waals surface area contributed by atoms with E-state index >= 15 is 0 Å². The molecule has 1 aliphatic heterocycles. The van der Waals surface area contributed by atoms with E-state index < -0.39 is 0 Å². The third-order valence-electron chi connectivity index (χ3n) is 4.07. The normalized spacial score (nSPS) is 20.9. The smallest absolute Gasteiger partial charge is 0.309 e. The summed E-state index contributed by atoms with van der Waals surface area (Å²) in [7, 11) is 1.42. The van der Waals surface area contributed by atoms with Gasteiger partial charge in [-0.3, -0.25) is 9.69 Å². The van der Waals surface area contributed by atoms with Crippen molar-refractivity contribution in [3.63, 3.8) is 0 Å². The van der Waals surface area contributed by atoms with Crippen LogP contribution >= 0.6 is 0 Å². The summed E-state index contributed by atoms with van der Waals surface area (Å²) in [4.78, 5) is 13.8. The molecule has 1 fully saturated rings. The second-order valence-electron chi connectivity index (χ2n) is 5.55. The number of carbonyl (C=O) groups is 1. The summed E-state index contributed by atoms with van der Waals surface area (Å²) < 4.78 is 4.74. The number of ether oxygens (including phenoxy) is 1. The van der Waals surface area contributed by atoms with E-state index in [1.807, 2.05) is 25.1 Å². The molecule has 0 bridgehead atoms. The highest BCUT2D eigenvalue weighted by Gasteiger charge is 2.26. The Bertz CT molecular complexity index is 459. The molecule has 1 aliphatic rings. The molecule has 2 atom stereocenters. The Hall–Kier alpha value is -1.39. The molecule has 2 rings (SSSR count). The van der Waals surface area contributed by atoms with Crippen LogP contribution < -0.4 is 0 Å². The first-order valence-electron chi connectivity index (χ1n) is 7.14. The van der Waals surface area contributed by atoms with Gasteiger partial charge in [0.15, 0.2) is 0 Å². The summed E-state index contributed by atoms with van der Waals surface area (Å²) in [6.45, 7) is 4.61. The van der Waals surface area contributed by atoms with E-state index in [0.717, 1.165) is 31.6 Å².